The number of phenolic OH excluding ortho intramolecular Hbond substituents is 1. The standard InChI is InChI=1S/C35H32F2N6O4/c1-3-17-6-4-7-18-10-20(44)11-21(24(17)18)27-26(37)28-25-31(41-33(40-28)47-16-34-8-5-9-42(34)14-19(36)12-34)43-23(15-46-32(25)39-27)22-13-35(45-2)29(38-22)30(35)43/h1,4,6-7,10-11,19,22-23,29-30,38,44H,5,8-9,12-16H2,2H3. The molecule has 6 aliphatic heterocycles. The molecule has 4 aromatic rings. The van der Waals surface area contributed by atoms with Crippen LogP contribution in [-0.2, 0) is 4.74 Å². The zero-order valence-electron chi connectivity index (χ0n) is 25.7. The number of halogens is 2. The van der Waals surface area contributed by atoms with Gasteiger partial charge in [-0.05, 0) is 49.4 Å². The number of pyridine rings is 1. The maximum absolute atomic E-state index is 17.1. The van der Waals surface area contributed by atoms with Gasteiger partial charge < -0.3 is 29.5 Å². The van der Waals surface area contributed by atoms with E-state index in [0.29, 0.717) is 46.1 Å². The molecule has 1 saturated carbocycles. The number of piperidine rings is 2. The van der Waals surface area contributed by atoms with E-state index in [2.05, 4.69) is 26.0 Å². The van der Waals surface area contributed by atoms with Gasteiger partial charge in [-0.3, -0.25) is 4.90 Å². The molecule has 6 fully saturated rings. The van der Waals surface area contributed by atoms with Gasteiger partial charge in [-0.25, -0.2) is 13.8 Å². The van der Waals surface area contributed by atoms with Crippen molar-refractivity contribution in [1.29, 1.82) is 0 Å². The Balaban J connectivity index is 1.18. The fourth-order valence-electron chi connectivity index (χ4n) is 9.54. The van der Waals surface area contributed by atoms with Gasteiger partial charge in [0.2, 0.25) is 5.88 Å². The average molecular weight is 639 g/mol. The van der Waals surface area contributed by atoms with Gasteiger partial charge in [0.25, 0.3) is 0 Å². The predicted molar refractivity (Wildman–Crippen MR) is 169 cm³/mol. The highest BCUT2D eigenvalue weighted by Crippen LogP contribution is 2.60. The van der Waals surface area contributed by atoms with Crippen LogP contribution in [0, 0.1) is 18.2 Å². The summed E-state index contributed by atoms with van der Waals surface area (Å²) in [5, 5.41) is 16.0. The summed E-state index contributed by atoms with van der Waals surface area (Å²) in [6.45, 7) is 1.70. The molecule has 11 rings (SSSR count). The summed E-state index contributed by atoms with van der Waals surface area (Å²) in [7, 11) is 1.73. The number of hydrogen-bond acceptors (Lipinski definition) is 10. The number of nitrogens with zero attached hydrogens (tertiary/aromatic N) is 5. The largest absolute Gasteiger partial charge is 0.508 e. The second-order valence-corrected chi connectivity index (χ2v) is 13.9. The average Bonchev–Trinajstić information content (AvgIpc) is 3.25. The van der Waals surface area contributed by atoms with Crippen molar-refractivity contribution in [3.8, 4) is 41.2 Å². The zero-order valence-corrected chi connectivity index (χ0v) is 25.7. The first kappa shape index (κ1) is 27.8. The van der Waals surface area contributed by atoms with Gasteiger partial charge in [-0.2, -0.15) is 9.97 Å². The molecule has 4 bridgehead atoms. The number of benzene rings is 2. The first-order chi connectivity index (χ1) is 22.8. The number of phenols is 1. The summed E-state index contributed by atoms with van der Waals surface area (Å²) in [6.07, 6.45) is 7.96. The molecule has 7 aliphatic rings. The first-order valence-electron chi connectivity index (χ1n) is 16.2. The molecule has 12 heteroatoms. The maximum Gasteiger partial charge on any atom is 0.319 e. The molecule has 0 spiro atoms. The molecule has 47 heavy (non-hydrogen) atoms. The fraction of sp³-hybridized carbons (Fsp3) is 0.457. The van der Waals surface area contributed by atoms with E-state index in [9.17, 15) is 9.50 Å². The quantitative estimate of drug-likeness (QED) is 0.315. The normalized spacial score (nSPS) is 33.0. The molecule has 0 amide bonds. The highest BCUT2D eigenvalue weighted by molar-refractivity contribution is 6.04. The van der Waals surface area contributed by atoms with Crippen LogP contribution in [0.2, 0.25) is 0 Å². The molecule has 0 radical (unpaired) electrons. The molecular weight excluding hydrogens is 606 g/mol. The summed E-state index contributed by atoms with van der Waals surface area (Å²) in [6, 6.07) is 8.45. The second-order valence-electron chi connectivity index (χ2n) is 13.9. The van der Waals surface area contributed by atoms with Crippen LogP contribution in [0.15, 0.2) is 30.3 Å². The maximum atomic E-state index is 17.1. The SMILES string of the molecule is C#Cc1cccc2cc(O)cc(-c3nc4c5c(nc(OCC67CCCN6CC(F)C7)nc5c3F)N3C(CO4)C4CC5(OC)C(N4)C35)c12. The third-order valence-corrected chi connectivity index (χ3v) is 11.6. The van der Waals surface area contributed by atoms with E-state index in [1.165, 1.54) is 6.07 Å². The van der Waals surface area contributed by atoms with Gasteiger partial charge in [0, 0.05) is 42.6 Å². The summed E-state index contributed by atoms with van der Waals surface area (Å²) in [4.78, 5) is 18.7. The van der Waals surface area contributed by atoms with Gasteiger partial charge in [-0.1, -0.05) is 18.1 Å². The van der Waals surface area contributed by atoms with E-state index in [1.54, 1.807) is 25.3 Å². The van der Waals surface area contributed by atoms with E-state index in [-0.39, 0.29) is 71.8 Å². The number of nitrogens with one attached hydrogen (secondary N) is 1. The Morgan fingerprint density at radius 2 is 2.11 bits per heavy atom. The van der Waals surface area contributed by atoms with Crippen LogP contribution in [0.4, 0.5) is 14.6 Å². The van der Waals surface area contributed by atoms with Crippen molar-refractivity contribution in [2.24, 2.45) is 0 Å². The lowest BCUT2D eigenvalue weighted by Gasteiger charge is -2.43. The van der Waals surface area contributed by atoms with Crippen molar-refractivity contribution in [3.05, 3.63) is 41.7 Å². The van der Waals surface area contributed by atoms with Crippen molar-refractivity contribution >= 4 is 27.5 Å². The van der Waals surface area contributed by atoms with Crippen LogP contribution in [0.25, 0.3) is 32.9 Å². The zero-order chi connectivity index (χ0) is 31.8. The number of ether oxygens (including phenoxy) is 3. The van der Waals surface area contributed by atoms with Gasteiger partial charge >= 0.3 is 6.01 Å². The Morgan fingerprint density at radius 1 is 1.21 bits per heavy atom. The van der Waals surface area contributed by atoms with Crippen molar-refractivity contribution in [3.63, 3.8) is 0 Å². The first-order valence-corrected chi connectivity index (χ1v) is 16.2. The molecular formula is C35H32F2N6O4. The minimum Gasteiger partial charge on any atom is -0.508 e. The highest BCUT2D eigenvalue weighted by atomic mass is 19.1. The smallest absolute Gasteiger partial charge is 0.319 e. The lowest BCUT2D eigenvalue weighted by atomic mass is 9.95. The number of rotatable bonds is 5. The molecule has 2 aromatic carbocycles. The Kier molecular flexibility index (Phi) is 5.55. The summed E-state index contributed by atoms with van der Waals surface area (Å²) in [5.41, 5.74) is -0.00787. The summed E-state index contributed by atoms with van der Waals surface area (Å²) >= 11 is 0. The Bertz CT molecular complexity index is 2070. The number of aromatic nitrogens is 3. The van der Waals surface area contributed by atoms with Crippen molar-refractivity contribution in [1.82, 2.24) is 25.2 Å². The lowest BCUT2D eigenvalue weighted by molar-refractivity contribution is 0.0561. The highest BCUT2D eigenvalue weighted by Gasteiger charge is 2.78. The molecule has 2 aromatic heterocycles. The predicted octanol–water partition coefficient (Wildman–Crippen LogP) is 3.71. The molecule has 1 aliphatic carbocycles. The van der Waals surface area contributed by atoms with E-state index in [1.807, 2.05) is 6.07 Å². The second kappa shape index (κ2) is 9.40. The number of terminal acetylenes is 1. The molecule has 240 valence electrons. The van der Waals surface area contributed by atoms with Crippen molar-refractivity contribution < 1.29 is 28.1 Å². The molecule has 5 saturated heterocycles. The fourth-order valence-corrected chi connectivity index (χ4v) is 9.54. The number of piperazine rings is 1. The number of hydrogen-bond donors (Lipinski definition) is 2. The van der Waals surface area contributed by atoms with Crippen LogP contribution in [0.3, 0.4) is 0 Å². The van der Waals surface area contributed by atoms with Crippen LogP contribution in [-0.4, -0.2) is 99.9 Å². The number of anilines is 1. The molecule has 7 unspecified atom stereocenters. The van der Waals surface area contributed by atoms with E-state index in [4.69, 9.17) is 30.6 Å². The van der Waals surface area contributed by atoms with E-state index < -0.39 is 17.5 Å². The minimum atomic E-state index is -0.915. The summed E-state index contributed by atoms with van der Waals surface area (Å²) < 4.78 is 50.5. The van der Waals surface area contributed by atoms with E-state index >= 15 is 4.39 Å². The van der Waals surface area contributed by atoms with Crippen LogP contribution < -0.4 is 19.7 Å². The van der Waals surface area contributed by atoms with Crippen LogP contribution in [0.5, 0.6) is 17.6 Å². The molecule has 2 N–H and O–H groups in total. The van der Waals surface area contributed by atoms with Crippen LogP contribution >= 0.6 is 0 Å². The lowest BCUT2D eigenvalue weighted by Crippen LogP contribution is -2.62. The van der Waals surface area contributed by atoms with Gasteiger partial charge in [0.05, 0.1) is 23.7 Å². The Morgan fingerprint density at radius 3 is 2.94 bits per heavy atom. The monoisotopic (exact) mass is 638 g/mol. The van der Waals surface area contributed by atoms with Crippen molar-refractivity contribution in [2.75, 3.05) is 38.3 Å². The third kappa shape index (κ3) is 3.62. The van der Waals surface area contributed by atoms with Gasteiger partial charge in [-0.15, -0.1) is 6.42 Å². The number of methoxy groups -OCH3 is 1. The van der Waals surface area contributed by atoms with Crippen LogP contribution in [0.1, 0.15) is 31.2 Å². The Labute approximate surface area is 269 Å². The molecule has 10 nitrogen and oxygen atoms in total. The van der Waals surface area contributed by atoms with Gasteiger partial charge in [0.1, 0.15) is 53.2 Å². The number of aromatic hydroxyl groups is 1. The number of alkyl halides is 1. The Hall–Kier alpha value is -4.31. The summed E-state index contributed by atoms with van der Waals surface area (Å²) in [5.74, 6) is 2.60. The minimum absolute atomic E-state index is 0.00762. The third-order valence-electron chi connectivity index (χ3n) is 11.6. The van der Waals surface area contributed by atoms with Crippen molar-refractivity contribution in [2.45, 2.75) is 67.2 Å². The topological polar surface area (TPSA) is 105 Å². The number of fused-ring (bicyclic) bond motifs is 2. The molecule has 7 atom stereocenters. The molecule has 8 heterocycles. The van der Waals surface area contributed by atoms with E-state index in [0.717, 1.165) is 25.8 Å². The van der Waals surface area contributed by atoms with Gasteiger partial charge in [0.15, 0.2) is 5.82 Å².